The second kappa shape index (κ2) is 8.02. The van der Waals surface area contributed by atoms with E-state index < -0.39 is 15.8 Å². The van der Waals surface area contributed by atoms with Gasteiger partial charge in [0, 0.05) is 32.2 Å². The van der Waals surface area contributed by atoms with E-state index in [1.165, 1.54) is 16.4 Å². The number of sulfonamides is 1. The predicted octanol–water partition coefficient (Wildman–Crippen LogP) is 1.57. The molecular formula is C18H26FN3O3S. The standard InChI is InChI=1S/C18H26FN3O3S/c19-15-6-8-17(9-7-15)26(24,25)21-10-3-4-14(13-21)18(23)22-11-2-1-5-16(22)12-20/h6-9,14,16H,1-5,10-13,20H2. The molecule has 2 unspecified atom stereocenters. The average Bonchev–Trinajstić information content (AvgIpc) is 2.68. The largest absolute Gasteiger partial charge is 0.338 e. The molecule has 1 aromatic carbocycles. The van der Waals surface area contributed by atoms with Crippen molar-refractivity contribution in [2.24, 2.45) is 11.7 Å². The van der Waals surface area contributed by atoms with Crippen molar-refractivity contribution in [2.45, 2.75) is 43.0 Å². The molecule has 8 heteroatoms. The van der Waals surface area contributed by atoms with Gasteiger partial charge in [-0.05, 0) is 56.4 Å². The molecule has 144 valence electrons. The van der Waals surface area contributed by atoms with Crippen LogP contribution in [0.15, 0.2) is 29.2 Å². The van der Waals surface area contributed by atoms with Crippen LogP contribution in [0.2, 0.25) is 0 Å². The highest BCUT2D eigenvalue weighted by atomic mass is 32.2. The molecular weight excluding hydrogens is 357 g/mol. The van der Waals surface area contributed by atoms with Crippen LogP contribution in [0.3, 0.4) is 0 Å². The van der Waals surface area contributed by atoms with Crippen molar-refractivity contribution in [1.29, 1.82) is 0 Å². The van der Waals surface area contributed by atoms with Crippen molar-refractivity contribution >= 4 is 15.9 Å². The summed E-state index contributed by atoms with van der Waals surface area (Å²) in [4.78, 5) is 14.9. The summed E-state index contributed by atoms with van der Waals surface area (Å²) in [5.41, 5.74) is 5.81. The SMILES string of the molecule is NCC1CCCCN1C(=O)C1CCCN(S(=O)(=O)c2ccc(F)cc2)C1. The van der Waals surface area contributed by atoms with Crippen molar-refractivity contribution < 1.29 is 17.6 Å². The van der Waals surface area contributed by atoms with Crippen molar-refractivity contribution in [1.82, 2.24) is 9.21 Å². The van der Waals surface area contributed by atoms with Crippen LogP contribution in [0.5, 0.6) is 0 Å². The van der Waals surface area contributed by atoms with E-state index in [4.69, 9.17) is 5.73 Å². The van der Waals surface area contributed by atoms with Gasteiger partial charge in [-0.15, -0.1) is 0 Å². The number of piperidine rings is 2. The lowest BCUT2D eigenvalue weighted by Crippen LogP contribution is -2.52. The minimum absolute atomic E-state index is 0.0131. The molecule has 0 bridgehead atoms. The molecule has 26 heavy (non-hydrogen) atoms. The number of nitrogens with zero attached hydrogens (tertiary/aromatic N) is 2. The molecule has 6 nitrogen and oxygen atoms in total. The number of amides is 1. The number of halogens is 1. The Kier molecular flexibility index (Phi) is 5.94. The zero-order chi connectivity index (χ0) is 18.7. The molecule has 2 N–H and O–H groups in total. The first-order chi connectivity index (χ1) is 12.4. The number of hydrogen-bond donors (Lipinski definition) is 1. The average molecular weight is 383 g/mol. The lowest BCUT2D eigenvalue weighted by molar-refractivity contribution is -0.140. The van der Waals surface area contributed by atoms with Crippen LogP contribution in [0, 0.1) is 11.7 Å². The maximum atomic E-state index is 13.1. The fourth-order valence-corrected chi connectivity index (χ4v) is 5.41. The number of rotatable bonds is 4. The van der Waals surface area contributed by atoms with Gasteiger partial charge in [0.2, 0.25) is 15.9 Å². The van der Waals surface area contributed by atoms with Crippen LogP contribution in [0.4, 0.5) is 4.39 Å². The maximum Gasteiger partial charge on any atom is 0.243 e. The highest BCUT2D eigenvalue weighted by Crippen LogP contribution is 2.27. The molecule has 2 saturated heterocycles. The molecule has 0 radical (unpaired) electrons. The summed E-state index contributed by atoms with van der Waals surface area (Å²) in [6.07, 6.45) is 4.26. The maximum absolute atomic E-state index is 13.1. The number of hydrogen-bond acceptors (Lipinski definition) is 4. The molecule has 0 saturated carbocycles. The Hall–Kier alpha value is -1.51. The number of carbonyl (C=O) groups excluding carboxylic acids is 1. The van der Waals surface area contributed by atoms with Crippen LogP contribution >= 0.6 is 0 Å². The molecule has 1 aromatic rings. The van der Waals surface area contributed by atoms with E-state index in [1.54, 1.807) is 0 Å². The van der Waals surface area contributed by atoms with Crippen LogP contribution in [0.1, 0.15) is 32.1 Å². The number of likely N-dealkylation sites (tertiary alicyclic amines) is 1. The first-order valence-electron chi connectivity index (χ1n) is 9.19. The van der Waals surface area contributed by atoms with Crippen molar-refractivity contribution in [3.63, 3.8) is 0 Å². The van der Waals surface area contributed by atoms with Gasteiger partial charge in [0.15, 0.2) is 0 Å². The third-order valence-corrected chi connectivity index (χ3v) is 7.25. The first kappa shape index (κ1) is 19.3. The van der Waals surface area contributed by atoms with E-state index >= 15 is 0 Å². The van der Waals surface area contributed by atoms with E-state index in [2.05, 4.69) is 0 Å². The predicted molar refractivity (Wildman–Crippen MR) is 96.3 cm³/mol. The summed E-state index contributed by atoms with van der Waals surface area (Å²) in [7, 11) is -3.72. The molecule has 0 aliphatic carbocycles. The van der Waals surface area contributed by atoms with Gasteiger partial charge in [-0.25, -0.2) is 12.8 Å². The van der Waals surface area contributed by atoms with Crippen LogP contribution in [0.25, 0.3) is 0 Å². The van der Waals surface area contributed by atoms with Crippen LogP contribution in [-0.2, 0) is 14.8 Å². The molecule has 2 atom stereocenters. The van der Waals surface area contributed by atoms with Crippen LogP contribution < -0.4 is 5.73 Å². The second-order valence-corrected chi connectivity index (χ2v) is 9.01. The highest BCUT2D eigenvalue weighted by molar-refractivity contribution is 7.89. The molecule has 2 heterocycles. The topological polar surface area (TPSA) is 83.7 Å². The fraction of sp³-hybridized carbons (Fsp3) is 0.611. The summed E-state index contributed by atoms with van der Waals surface area (Å²) < 4.78 is 40.1. The van der Waals surface area contributed by atoms with E-state index in [0.717, 1.165) is 31.4 Å². The first-order valence-corrected chi connectivity index (χ1v) is 10.6. The third kappa shape index (κ3) is 3.92. The molecule has 3 rings (SSSR count). The van der Waals surface area contributed by atoms with E-state index in [9.17, 15) is 17.6 Å². The normalized spacial score (nSPS) is 25.2. The van der Waals surface area contributed by atoms with Gasteiger partial charge in [0.05, 0.1) is 10.8 Å². The minimum atomic E-state index is -3.72. The van der Waals surface area contributed by atoms with E-state index in [1.807, 2.05) is 4.90 Å². The lowest BCUT2D eigenvalue weighted by atomic mass is 9.94. The van der Waals surface area contributed by atoms with Gasteiger partial charge < -0.3 is 10.6 Å². The Bertz CT molecular complexity index is 739. The monoisotopic (exact) mass is 383 g/mol. The quantitative estimate of drug-likeness (QED) is 0.855. The molecule has 1 amide bonds. The van der Waals surface area contributed by atoms with Crippen molar-refractivity contribution in [3.8, 4) is 0 Å². The minimum Gasteiger partial charge on any atom is -0.338 e. The summed E-state index contributed by atoms with van der Waals surface area (Å²) >= 11 is 0. The Labute approximate surface area is 154 Å². The van der Waals surface area contributed by atoms with Gasteiger partial charge in [-0.1, -0.05) is 0 Å². The van der Waals surface area contributed by atoms with Gasteiger partial charge >= 0.3 is 0 Å². The lowest BCUT2D eigenvalue weighted by Gasteiger charge is -2.39. The number of nitrogens with two attached hydrogens (primary N) is 1. The summed E-state index contributed by atoms with van der Waals surface area (Å²) in [6, 6.07) is 4.87. The molecule has 0 spiro atoms. The molecule has 2 fully saturated rings. The fourth-order valence-electron chi connectivity index (χ4n) is 3.89. The van der Waals surface area contributed by atoms with Gasteiger partial charge in [-0.2, -0.15) is 4.31 Å². The van der Waals surface area contributed by atoms with Gasteiger partial charge in [-0.3, -0.25) is 4.79 Å². The molecule has 2 aliphatic heterocycles. The van der Waals surface area contributed by atoms with Gasteiger partial charge in [0.1, 0.15) is 5.82 Å². The Balaban J connectivity index is 1.74. The summed E-state index contributed by atoms with van der Waals surface area (Å²) in [5, 5.41) is 0. The highest BCUT2D eigenvalue weighted by Gasteiger charge is 2.37. The van der Waals surface area contributed by atoms with Crippen LogP contribution in [-0.4, -0.2) is 55.8 Å². The number of carbonyl (C=O) groups is 1. The zero-order valence-electron chi connectivity index (χ0n) is 14.8. The Morgan fingerprint density at radius 2 is 1.85 bits per heavy atom. The van der Waals surface area contributed by atoms with Crippen molar-refractivity contribution in [2.75, 3.05) is 26.2 Å². The van der Waals surface area contributed by atoms with E-state index in [0.29, 0.717) is 32.5 Å². The molecule has 2 aliphatic rings. The Morgan fingerprint density at radius 3 is 2.54 bits per heavy atom. The smallest absolute Gasteiger partial charge is 0.243 e. The Morgan fingerprint density at radius 1 is 1.12 bits per heavy atom. The van der Waals surface area contributed by atoms with E-state index in [-0.39, 0.29) is 29.3 Å². The molecule has 0 aromatic heterocycles. The zero-order valence-corrected chi connectivity index (χ0v) is 15.6. The van der Waals surface area contributed by atoms with Crippen molar-refractivity contribution in [3.05, 3.63) is 30.1 Å². The summed E-state index contributed by atoms with van der Waals surface area (Å²) in [5.74, 6) is -0.807. The van der Waals surface area contributed by atoms with Gasteiger partial charge in [0.25, 0.3) is 0 Å². The number of benzene rings is 1. The second-order valence-electron chi connectivity index (χ2n) is 7.07. The third-order valence-electron chi connectivity index (χ3n) is 5.37. The summed E-state index contributed by atoms with van der Waals surface area (Å²) in [6.45, 7) is 1.69.